The molecule has 0 aliphatic carbocycles. The van der Waals surface area contributed by atoms with Gasteiger partial charge in [0, 0.05) is 24.9 Å². The van der Waals surface area contributed by atoms with Crippen LogP contribution in [0.2, 0.25) is 0 Å². The van der Waals surface area contributed by atoms with Crippen LogP contribution < -0.4 is 14.2 Å². The molecular formula is C24H25N3O4. The Kier molecular flexibility index (Phi) is 6.33. The van der Waals surface area contributed by atoms with Crippen LogP contribution in [0.3, 0.4) is 0 Å². The average molecular weight is 419 g/mol. The average Bonchev–Trinajstić information content (AvgIpc) is 3.22. The standard InChI is InChI=1S/C24H25N3O4/c1-16(14-28-2)31-21-12-18(23-26-22-8-5-9-25-24(22)27-23)11-20(13-21)30-15-17-6-4-7-19(10-17)29-3/h4-13,16H,14-15H2,1-3H3,(H,25,26,27)/t16-/m0/s1. The zero-order chi connectivity index (χ0) is 21.6. The van der Waals surface area contributed by atoms with Gasteiger partial charge >= 0.3 is 0 Å². The van der Waals surface area contributed by atoms with Crippen LogP contribution in [0.15, 0.2) is 60.8 Å². The molecule has 0 unspecified atom stereocenters. The zero-order valence-electron chi connectivity index (χ0n) is 17.8. The Labute approximate surface area is 181 Å². The first-order chi connectivity index (χ1) is 15.1. The van der Waals surface area contributed by atoms with Gasteiger partial charge in [-0.05, 0) is 48.9 Å². The van der Waals surface area contributed by atoms with E-state index < -0.39 is 0 Å². The van der Waals surface area contributed by atoms with Gasteiger partial charge in [0.2, 0.25) is 0 Å². The van der Waals surface area contributed by atoms with Crippen LogP contribution in [0.1, 0.15) is 12.5 Å². The Morgan fingerprint density at radius 3 is 2.65 bits per heavy atom. The maximum absolute atomic E-state index is 6.09. The maximum atomic E-state index is 6.09. The number of imidazole rings is 1. The van der Waals surface area contributed by atoms with Crippen LogP contribution in [0, 0.1) is 0 Å². The zero-order valence-corrected chi connectivity index (χ0v) is 17.8. The van der Waals surface area contributed by atoms with Gasteiger partial charge in [-0.25, -0.2) is 9.97 Å². The highest BCUT2D eigenvalue weighted by Gasteiger charge is 2.12. The number of hydrogen-bond acceptors (Lipinski definition) is 6. The fraction of sp³-hybridized carbons (Fsp3) is 0.250. The van der Waals surface area contributed by atoms with Crippen molar-refractivity contribution < 1.29 is 18.9 Å². The number of rotatable bonds is 9. The van der Waals surface area contributed by atoms with E-state index in [1.54, 1.807) is 20.4 Å². The van der Waals surface area contributed by atoms with E-state index in [1.807, 2.05) is 61.5 Å². The van der Waals surface area contributed by atoms with E-state index in [0.717, 1.165) is 28.0 Å². The quantitative estimate of drug-likeness (QED) is 0.426. The summed E-state index contributed by atoms with van der Waals surface area (Å²) in [6.45, 7) is 2.84. The smallest absolute Gasteiger partial charge is 0.157 e. The first-order valence-electron chi connectivity index (χ1n) is 10.0. The van der Waals surface area contributed by atoms with Gasteiger partial charge in [-0.3, -0.25) is 0 Å². The molecule has 2 heterocycles. The van der Waals surface area contributed by atoms with Gasteiger partial charge in [0.1, 0.15) is 41.3 Å². The highest BCUT2D eigenvalue weighted by Crippen LogP contribution is 2.30. The van der Waals surface area contributed by atoms with Crippen LogP contribution in [-0.4, -0.2) is 41.9 Å². The molecular weight excluding hydrogens is 394 g/mol. The van der Waals surface area contributed by atoms with Crippen LogP contribution >= 0.6 is 0 Å². The Morgan fingerprint density at radius 2 is 1.84 bits per heavy atom. The Bertz CT molecular complexity index is 1130. The predicted molar refractivity (Wildman–Crippen MR) is 119 cm³/mol. The molecule has 0 aliphatic heterocycles. The van der Waals surface area contributed by atoms with Gasteiger partial charge in [-0.1, -0.05) is 12.1 Å². The van der Waals surface area contributed by atoms with Crippen molar-refractivity contribution >= 4 is 11.2 Å². The van der Waals surface area contributed by atoms with Crippen LogP contribution in [0.5, 0.6) is 17.2 Å². The lowest BCUT2D eigenvalue weighted by Crippen LogP contribution is -2.18. The first kappa shape index (κ1) is 20.7. The molecule has 7 heteroatoms. The maximum Gasteiger partial charge on any atom is 0.157 e. The summed E-state index contributed by atoms with van der Waals surface area (Å²) in [7, 11) is 3.30. The molecule has 2 aromatic carbocycles. The third-order valence-corrected chi connectivity index (χ3v) is 4.69. The molecule has 160 valence electrons. The molecule has 0 spiro atoms. The molecule has 1 atom stereocenters. The van der Waals surface area contributed by atoms with Crippen molar-refractivity contribution in [1.82, 2.24) is 15.0 Å². The van der Waals surface area contributed by atoms with Crippen molar-refractivity contribution in [3.05, 3.63) is 66.4 Å². The number of H-pyrrole nitrogens is 1. The van der Waals surface area contributed by atoms with Gasteiger partial charge in [0.05, 0.1) is 13.7 Å². The second-order valence-electron chi connectivity index (χ2n) is 7.17. The number of ether oxygens (including phenoxy) is 4. The van der Waals surface area contributed by atoms with Gasteiger partial charge in [0.15, 0.2) is 5.65 Å². The minimum absolute atomic E-state index is 0.108. The number of methoxy groups -OCH3 is 2. The molecule has 4 rings (SSSR count). The number of benzene rings is 2. The number of nitrogens with one attached hydrogen (secondary N) is 1. The second kappa shape index (κ2) is 9.49. The lowest BCUT2D eigenvalue weighted by molar-refractivity contribution is 0.0919. The number of hydrogen-bond donors (Lipinski definition) is 1. The molecule has 0 saturated heterocycles. The fourth-order valence-electron chi connectivity index (χ4n) is 3.27. The number of aromatic nitrogens is 3. The lowest BCUT2D eigenvalue weighted by atomic mass is 10.2. The molecule has 0 aliphatic rings. The van der Waals surface area contributed by atoms with Gasteiger partial charge < -0.3 is 23.9 Å². The fourth-order valence-corrected chi connectivity index (χ4v) is 3.27. The molecule has 0 saturated carbocycles. The largest absolute Gasteiger partial charge is 0.497 e. The first-order valence-corrected chi connectivity index (χ1v) is 10.0. The molecule has 0 bridgehead atoms. The van der Waals surface area contributed by atoms with Crippen LogP contribution in [0.25, 0.3) is 22.6 Å². The van der Waals surface area contributed by atoms with E-state index in [1.165, 1.54) is 0 Å². The minimum atomic E-state index is -0.108. The van der Waals surface area contributed by atoms with E-state index in [2.05, 4.69) is 15.0 Å². The van der Waals surface area contributed by atoms with Crippen molar-refractivity contribution in [2.45, 2.75) is 19.6 Å². The summed E-state index contributed by atoms with van der Waals surface area (Å²) in [5, 5.41) is 0. The van der Waals surface area contributed by atoms with Gasteiger partial charge in [-0.15, -0.1) is 0 Å². The van der Waals surface area contributed by atoms with Gasteiger partial charge in [-0.2, -0.15) is 0 Å². The molecule has 0 amide bonds. The van der Waals surface area contributed by atoms with E-state index in [4.69, 9.17) is 18.9 Å². The van der Waals surface area contributed by atoms with E-state index in [0.29, 0.717) is 30.5 Å². The Morgan fingerprint density at radius 1 is 0.968 bits per heavy atom. The van der Waals surface area contributed by atoms with Gasteiger partial charge in [0.25, 0.3) is 0 Å². The summed E-state index contributed by atoms with van der Waals surface area (Å²) in [6.07, 6.45) is 1.63. The molecule has 2 aromatic heterocycles. The lowest BCUT2D eigenvalue weighted by Gasteiger charge is -2.16. The summed E-state index contributed by atoms with van der Waals surface area (Å²) in [5.41, 5.74) is 3.39. The van der Waals surface area contributed by atoms with Crippen molar-refractivity contribution in [2.24, 2.45) is 0 Å². The SMILES string of the molecule is COC[C@H](C)Oc1cc(OCc2cccc(OC)c2)cc(-c2nc3cccnc3[nH]2)c1. The van der Waals surface area contributed by atoms with Crippen molar-refractivity contribution in [3.8, 4) is 28.6 Å². The highest BCUT2D eigenvalue weighted by molar-refractivity contribution is 5.76. The third kappa shape index (κ3) is 5.13. The normalized spacial score (nSPS) is 12.0. The molecule has 4 aromatic rings. The summed E-state index contributed by atoms with van der Waals surface area (Å²) in [5.74, 6) is 2.84. The molecule has 7 nitrogen and oxygen atoms in total. The van der Waals surface area contributed by atoms with E-state index in [9.17, 15) is 0 Å². The second-order valence-corrected chi connectivity index (χ2v) is 7.17. The van der Waals surface area contributed by atoms with E-state index >= 15 is 0 Å². The van der Waals surface area contributed by atoms with Crippen molar-refractivity contribution in [2.75, 3.05) is 20.8 Å². The Hall–Kier alpha value is -3.58. The van der Waals surface area contributed by atoms with Crippen LogP contribution in [-0.2, 0) is 11.3 Å². The Balaban J connectivity index is 1.63. The minimum Gasteiger partial charge on any atom is -0.497 e. The summed E-state index contributed by atoms with van der Waals surface area (Å²) in [4.78, 5) is 12.2. The van der Waals surface area contributed by atoms with E-state index in [-0.39, 0.29) is 6.10 Å². The molecule has 0 radical (unpaired) electrons. The number of fused-ring (bicyclic) bond motifs is 1. The molecule has 31 heavy (non-hydrogen) atoms. The predicted octanol–water partition coefficient (Wildman–Crippen LogP) is 4.63. The monoisotopic (exact) mass is 419 g/mol. The number of aromatic amines is 1. The third-order valence-electron chi connectivity index (χ3n) is 4.69. The summed E-state index contributed by atoms with van der Waals surface area (Å²) < 4.78 is 22.6. The van der Waals surface area contributed by atoms with Crippen molar-refractivity contribution in [1.29, 1.82) is 0 Å². The van der Waals surface area contributed by atoms with Crippen LogP contribution in [0.4, 0.5) is 0 Å². The molecule has 0 fully saturated rings. The number of pyridine rings is 1. The molecule has 1 N–H and O–H groups in total. The van der Waals surface area contributed by atoms with Crippen molar-refractivity contribution in [3.63, 3.8) is 0 Å². The highest BCUT2D eigenvalue weighted by atomic mass is 16.5. The number of nitrogens with zero attached hydrogens (tertiary/aromatic N) is 2. The summed E-state index contributed by atoms with van der Waals surface area (Å²) in [6, 6.07) is 17.3. The topological polar surface area (TPSA) is 78.5 Å². The summed E-state index contributed by atoms with van der Waals surface area (Å²) >= 11 is 0.